The van der Waals surface area contributed by atoms with E-state index in [0.29, 0.717) is 31.3 Å². The van der Waals surface area contributed by atoms with E-state index in [2.05, 4.69) is 20.2 Å². The molecule has 0 aliphatic rings. The van der Waals surface area contributed by atoms with Gasteiger partial charge in [0.25, 0.3) is 0 Å². The Bertz CT molecular complexity index is 894. The molecule has 7 heteroatoms. The summed E-state index contributed by atoms with van der Waals surface area (Å²) in [6.45, 7) is 4.64. The molecule has 0 fully saturated rings. The molecular weight excluding hydrogens is 333 g/mol. The van der Waals surface area contributed by atoms with Crippen LogP contribution in [-0.2, 0) is 17.6 Å². The molecular formula is C19H24FN5O. The summed E-state index contributed by atoms with van der Waals surface area (Å²) in [6.07, 6.45) is 2.63. The number of nitrogens with one attached hydrogen (secondary N) is 2. The maximum atomic E-state index is 13.2. The lowest BCUT2D eigenvalue weighted by atomic mass is 10.1. The van der Waals surface area contributed by atoms with Gasteiger partial charge in [0.05, 0.1) is 16.7 Å². The lowest BCUT2D eigenvalue weighted by Crippen LogP contribution is -2.28. The van der Waals surface area contributed by atoms with Crippen molar-refractivity contribution in [3.63, 3.8) is 0 Å². The van der Waals surface area contributed by atoms with Crippen molar-refractivity contribution < 1.29 is 9.18 Å². The molecule has 1 aromatic carbocycles. The number of nitrogens with zero attached hydrogens (tertiary/aromatic N) is 3. The molecule has 3 aromatic rings. The number of halogens is 1. The second-order valence-corrected chi connectivity index (χ2v) is 6.68. The lowest BCUT2D eigenvalue weighted by molar-refractivity contribution is -0.129. The SMILES string of the molecule is Cc1n[nH]c(C)c1CCN(C)C(=O)CCCc1nc2ccc(F)cc2[nH]1. The van der Waals surface area contributed by atoms with Crippen LogP contribution in [0, 0.1) is 19.7 Å². The van der Waals surface area contributed by atoms with Crippen molar-refractivity contribution >= 4 is 16.9 Å². The molecule has 0 saturated heterocycles. The van der Waals surface area contributed by atoms with Gasteiger partial charge in [-0.15, -0.1) is 0 Å². The highest BCUT2D eigenvalue weighted by Gasteiger charge is 2.12. The monoisotopic (exact) mass is 357 g/mol. The zero-order valence-electron chi connectivity index (χ0n) is 15.4. The molecule has 2 heterocycles. The third-order valence-electron chi connectivity index (χ3n) is 4.70. The Hall–Kier alpha value is -2.70. The number of likely N-dealkylation sites (N-methyl/N-ethyl adjacent to an activating group) is 1. The molecule has 0 saturated carbocycles. The molecule has 138 valence electrons. The average Bonchev–Trinajstić information content (AvgIpc) is 3.15. The average molecular weight is 357 g/mol. The van der Waals surface area contributed by atoms with Gasteiger partial charge >= 0.3 is 0 Å². The first-order chi connectivity index (χ1) is 12.4. The van der Waals surface area contributed by atoms with Gasteiger partial charge in [0.15, 0.2) is 0 Å². The van der Waals surface area contributed by atoms with Crippen molar-refractivity contribution in [1.29, 1.82) is 0 Å². The highest BCUT2D eigenvalue weighted by Crippen LogP contribution is 2.15. The summed E-state index contributed by atoms with van der Waals surface area (Å²) in [6, 6.07) is 4.49. The third kappa shape index (κ3) is 4.09. The van der Waals surface area contributed by atoms with E-state index in [9.17, 15) is 9.18 Å². The zero-order valence-corrected chi connectivity index (χ0v) is 15.4. The smallest absolute Gasteiger partial charge is 0.222 e. The van der Waals surface area contributed by atoms with E-state index in [0.717, 1.165) is 29.1 Å². The van der Waals surface area contributed by atoms with Gasteiger partial charge in [-0.2, -0.15) is 5.10 Å². The van der Waals surface area contributed by atoms with Crippen molar-refractivity contribution in [3.05, 3.63) is 46.8 Å². The Labute approximate surface area is 151 Å². The molecule has 6 nitrogen and oxygen atoms in total. The van der Waals surface area contributed by atoms with E-state index in [1.807, 2.05) is 20.9 Å². The first-order valence-electron chi connectivity index (χ1n) is 8.82. The minimum absolute atomic E-state index is 0.117. The van der Waals surface area contributed by atoms with Crippen LogP contribution in [0.25, 0.3) is 11.0 Å². The highest BCUT2D eigenvalue weighted by atomic mass is 19.1. The molecule has 0 atom stereocenters. The van der Waals surface area contributed by atoms with Crippen molar-refractivity contribution in [2.24, 2.45) is 0 Å². The minimum atomic E-state index is -0.285. The third-order valence-corrected chi connectivity index (χ3v) is 4.70. The van der Waals surface area contributed by atoms with Gasteiger partial charge in [0, 0.05) is 32.1 Å². The van der Waals surface area contributed by atoms with Gasteiger partial charge in [-0.3, -0.25) is 9.89 Å². The number of carbonyl (C=O) groups excluding carboxylic acids is 1. The summed E-state index contributed by atoms with van der Waals surface area (Å²) in [5.74, 6) is 0.615. The Kier molecular flexibility index (Phi) is 5.35. The minimum Gasteiger partial charge on any atom is -0.345 e. The Morgan fingerprint density at radius 3 is 2.81 bits per heavy atom. The van der Waals surface area contributed by atoms with Crippen LogP contribution in [0.2, 0.25) is 0 Å². The number of amides is 1. The van der Waals surface area contributed by atoms with Crippen LogP contribution in [0.3, 0.4) is 0 Å². The molecule has 2 N–H and O–H groups in total. The van der Waals surface area contributed by atoms with Gasteiger partial charge in [-0.05, 0) is 50.5 Å². The number of imidazole rings is 1. The first kappa shape index (κ1) is 18.1. The van der Waals surface area contributed by atoms with Gasteiger partial charge in [0.2, 0.25) is 5.91 Å². The second kappa shape index (κ2) is 7.68. The van der Waals surface area contributed by atoms with Crippen LogP contribution >= 0.6 is 0 Å². The molecule has 2 aromatic heterocycles. The van der Waals surface area contributed by atoms with Gasteiger partial charge in [-0.25, -0.2) is 9.37 Å². The summed E-state index contributed by atoms with van der Waals surface area (Å²) >= 11 is 0. The lowest BCUT2D eigenvalue weighted by Gasteiger charge is -2.17. The van der Waals surface area contributed by atoms with Crippen LogP contribution in [0.15, 0.2) is 18.2 Å². The van der Waals surface area contributed by atoms with E-state index in [1.54, 1.807) is 11.0 Å². The number of aryl methyl sites for hydroxylation is 3. The van der Waals surface area contributed by atoms with Crippen molar-refractivity contribution in [2.45, 2.75) is 39.5 Å². The number of fused-ring (bicyclic) bond motifs is 1. The van der Waals surface area contributed by atoms with Crippen LogP contribution in [0.5, 0.6) is 0 Å². The molecule has 0 unspecified atom stereocenters. The van der Waals surface area contributed by atoms with Crippen molar-refractivity contribution in [2.75, 3.05) is 13.6 Å². The van der Waals surface area contributed by atoms with Crippen molar-refractivity contribution in [3.8, 4) is 0 Å². The molecule has 0 spiro atoms. The Morgan fingerprint density at radius 2 is 2.08 bits per heavy atom. The molecule has 0 aliphatic carbocycles. The van der Waals surface area contributed by atoms with E-state index < -0.39 is 0 Å². The van der Waals surface area contributed by atoms with E-state index >= 15 is 0 Å². The van der Waals surface area contributed by atoms with Crippen LogP contribution in [-0.4, -0.2) is 44.6 Å². The maximum absolute atomic E-state index is 13.2. The second-order valence-electron chi connectivity index (χ2n) is 6.68. The van der Waals surface area contributed by atoms with Gasteiger partial charge in [-0.1, -0.05) is 0 Å². The predicted octanol–water partition coefficient (Wildman–Crippen LogP) is 3.07. The summed E-state index contributed by atoms with van der Waals surface area (Å²) in [5, 5.41) is 7.15. The van der Waals surface area contributed by atoms with E-state index in [1.165, 1.54) is 17.7 Å². The van der Waals surface area contributed by atoms with Crippen LogP contribution in [0.1, 0.15) is 35.6 Å². The quantitative estimate of drug-likeness (QED) is 0.682. The Balaban J connectivity index is 1.46. The summed E-state index contributed by atoms with van der Waals surface area (Å²) in [7, 11) is 1.83. The van der Waals surface area contributed by atoms with E-state index in [-0.39, 0.29) is 11.7 Å². The fourth-order valence-electron chi connectivity index (χ4n) is 3.10. The Morgan fingerprint density at radius 1 is 1.27 bits per heavy atom. The number of aromatic nitrogens is 4. The van der Waals surface area contributed by atoms with E-state index in [4.69, 9.17) is 0 Å². The number of benzene rings is 1. The molecule has 26 heavy (non-hydrogen) atoms. The normalized spacial score (nSPS) is 11.2. The first-order valence-corrected chi connectivity index (χ1v) is 8.82. The summed E-state index contributed by atoms with van der Waals surface area (Å²) < 4.78 is 13.2. The number of aromatic amines is 2. The molecule has 0 bridgehead atoms. The number of H-pyrrole nitrogens is 2. The fourth-order valence-corrected chi connectivity index (χ4v) is 3.10. The highest BCUT2D eigenvalue weighted by molar-refractivity contribution is 5.76. The number of carbonyl (C=O) groups is 1. The number of rotatable bonds is 7. The summed E-state index contributed by atoms with van der Waals surface area (Å²) in [5.41, 5.74) is 4.67. The zero-order chi connectivity index (χ0) is 18.7. The maximum Gasteiger partial charge on any atom is 0.222 e. The number of hydrogen-bond donors (Lipinski definition) is 2. The molecule has 1 amide bonds. The largest absolute Gasteiger partial charge is 0.345 e. The van der Waals surface area contributed by atoms with Gasteiger partial charge < -0.3 is 9.88 Å². The van der Waals surface area contributed by atoms with Crippen LogP contribution in [0.4, 0.5) is 4.39 Å². The van der Waals surface area contributed by atoms with Crippen molar-refractivity contribution in [1.82, 2.24) is 25.1 Å². The van der Waals surface area contributed by atoms with Crippen LogP contribution < -0.4 is 0 Å². The fraction of sp³-hybridized carbons (Fsp3) is 0.421. The standard InChI is InChI=1S/C19H24FN5O/c1-12-15(13(2)24-23-12)9-10-25(3)19(26)6-4-5-18-21-16-8-7-14(20)11-17(16)22-18/h7-8,11H,4-6,9-10H2,1-3H3,(H,21,22)(H,23,24). The molecule has 3 rings (SSSR count). The number of hydrogen-bond acceptors (Lipinski definition) is 3. The predicted molar refractivity (Wildman–Crippen MR) is 98.4 cm³/mol. The topological polar surface area (TPSA) is 77.7 Å². The van der Waals surface area contributed by atoms with Gasteiger partial charge in [0.1, 0.15) is 11.6 Å². The summed E-state index contributed by atoms with van der Waals surface area (Å²) in [4.78, 5) is 21.6. The molecule has 0 aliphatic heterocycles. The molecule has 0 radical (unpaired) electrons.